The Morgan fingerprint density at radius 1 is 0.900 bits per heavy atom. The molecule has 0 aromatic heterocycles. The summed E-state index contributed by atoms with van der Waals surface area (Å²) < 4.78 is 3.39. The van der Waals surface area contributed by atoms with Gasteiger partial charge in [0.2, 0.25) is 0 Å². The zero-order chi connectivity index (χ0) is 15.1. The van der Waals surface area contributed by atoms with E-state index >= 15 is 0 Å². The van der Waals surface area contributed by atoms with Crippen LogP contribution in [0.5, 0.6) is 0 Å². The topological polar surface area (TPSA) is 0 Å². The molecule has 2 aliphatic carbocycles. The molecule has 0 unspecified atom stereocenters. The van der Waals surface area contributed by atoms with E-state index in [0.29, 0.717) is 0 Å². The molecule has 2 rings (SSSR count). The van der Waals surface area contributed by atoms with E-state index in [2.05, 4.69) is 54.6 Å². The van der Waals surface area contributed by atoms with Gasteiger partial charge in [0.15, 0.2) is 0 Å². The summed E-state index contributed by atoms with van der Waals surface area (Å²) >= 11 is 1.06. The van der Waals surface area contributed by atoms with Gasteiger partial charge in [-0.15, -0.1) is 12.8 Å². The Labute approximate surface area is 140 Å². The Balaban J connectivity index is 0.000000321. The van der Waals surface area contributed by atoms with E-state index in [-0.39, 0.29) is 0 Å². The molecule has 0 aromatic carbocycles. The van der Waals surface area contributed by atoms with Crippen LogP contribution in [0.1, 0.15) is 65.2 Å². The van der Waals surface area contributed by atoms with Gasteiger partial charge in [0, 0.05) is 0 Å². The fraction of sp³-hybridized carbons (Fsp3) is 0.526. The molecule has 0 amide bonds. The molecule has 1 heteroatoms. The Morgan fingerprint density at radius 3 is 1.55 bits per heavy atom. The molecule has 0 aliphatic heterocycles. The minimum absolute atomic E-state index is 1.04. The first-order valence-electron chi connectivity index (χ1n) is 7.73. The molecular weight excluding hydrogens is 407 g/mol. The van der Waals surface area contributed by atoms with Gasteiger partial charge in [-0.2, -0.15) is 12.2 Å². The molecule has 20 heavy (non-hydrogen) atoms. The van der Waals surface area contributed by atoms with Crippen molar-refractivity contribution in [2.24, 2.45) is 0 Å². The molecule has 0 spiro atoms. The third-order valence-electron chi connectivity index (χ3n) is 3.18. The fourth-order valence-corrected chi connectivity index (χ4v) is 1.99. The van der Waals surface area contributed by atoms with Crippen LogP contribution in [0.3, 0.4) is 0 Å². The minimum atomic E-state index is 1.04. The molecule has 0 aromatic rings. The van der Waals surface area contributed by atoms with E-state index < -0.39 is 0 Å². The quantitative estimate of drug-likeness (QED) is 0.371. The van der Waals surface area contributed by atoms with Gasteiger partial charge in [-0.25, -0.2) is 23.3 Å². The molecule has 0 bridgehead atoms. The predicted octanol–water partition coefficient (Wildman–Crippen LogP) is 5.70. The number of unbranched alkanes of at least 4 members (excludes halogenated alkanes) is 2. The number of hydrogen-bond acceptors (Lipinski definition) is 0. The summed E-state index contributed by atoms with van der Waals surface area (Å²) in [6.07, 6.45) is 24.9. The SMILES string of the molecule is CCCCC1=CC[C-]=C1.CCCCC1=CC[C-]=C1.[CH2]=[Hf+2]. The maximum absolute atomic E-state index is 3.39. The van der Waals surface area contributed by atoms with Crippen molar-refractivity contribution in [3.8, 4) is 0 Å². The van der Waals surface area contributed by atoms with E-state index in [9.17, 15) is 0 Å². The van der Waals surface area contributed by atoms with Crippen molar-refractivity contribution in [1.82, 2.24) is 0 Å². The molecule has 0 nitrogen and oxygen atoms in total. The van der Waals surface area contributed by atoms with Gasteiger partial charge in [-0.1, -0.05) is 52.4 Å². The molecule has 0 N–H and O–H groups in total. The summed E-state index contributed by atoms with van der Waals surface area (Å²) in [7, 11) is 0. The van der Waals surface area contributed by atoms with Crippen LogP contribution in [-0.4, -0.2) is 4.26 Å². The van der Waals surface area contributed by atoms with E-state index in [4.69, 9.17) is 0 Å². The van der Waals surface area contributed by atoms with Gasteiger partial charge < -0.3 is 0 Å². The van der Waals surface area contributed by atoms with Gasteiger partial charge >= 0.3 is 28.2 Å². The zero-order valence-electron chi connectivity index (χ0n) is 13.2. The van der Waals surface area contributed by atoms with Gasteiger partial charge in [-0.05, 0) is 0 Å². The summed E-state index contributed by atoms with van der Waals surface area (Å²) in [5.74, 6) is 0. The monoisotopic (exact) mass is 436 g/mol. The number of rotatable bonds is 6. The van der Waals surface area contributed by atoms with E-state index in [0.717, 1.165) is 36.7 Å². The average Bonchev–Trinajstić information content (AvgIpc) is 3.19. The van der Waals surface area contributed by atoms with Crippen molar-refractivity contribution in [1.29, 1.82) is 0 Å². The summed E-state index contributed by atoms with van der Waals surface area (Å²) in [5, 5.41) is 0. The van der Waals surface area contributed by atoms with E-state index in [1.54, 1.807) is 0 Å². The van der Waals surface area contributed by atoms with Crippen LogP contribution in [0.2, 0.25) is 0 Å². The third kappa shape index (κ3) is 10.5. The van der Waals surface area contributed by atoms with Crippen LogP contribution in [0.4, 0.5) is 0 Å². The third-order valence-corrected chi connectivity index (χ3v) is 3.18. The van der Waals surface area contributed by atoms with Crippen LogP contribution < -0.4 is 0 Å². The van der Waals surface area contributed by atoms with E-state index in [1.807, 2.05) is 0 Å². The predicted molar refractivity (Wildman–Crippen MR) is 87.2 cm³/mol. The van der Waals surface area contributed by atoms with Crippen LogP contribution in [0.25, 0.3) is 0 Å². The molecule has 0 radical (unpaired) electrons. The summed E-state index contributed by atoms with van der Waals surface area (Å²) in [6.45, 7) is 4.45. The second-order valence-electron chi connectivity index (χ2n) is 4.87. The summed E-state index contributed by atoms with van der Waals surface area (Å²) in [4.78, 5) is 0. The maximum atomic E-state index is 3.39. The molecule has 0 atom stereocenters. The molecular formula is C19H28Hf. The van der Waals surface area contributed by atoms with Gasteiger partial charge in [0.05, 0.1) is 0 Å². The van der Waals surface area contributed by atoms with Gasteiger partial charge in [0.1, 0.15) is 0 Å². The van der Waals surface area contributed by atoms with Crippen LogP contribution in [-0.2, 0) is 23.9 Å². The van der Waals surface area contributed by atoms with Gasteiger partial charge in [0.25, 0.3) is 0 Å². The molecule has 0 fully saturated rings. The Bertz CT molecular complexity index is 311. The molecule has 0 saturated carbocycles. The number of allylic oxidation sites excluding steroid dienone is 8. The van der Waals surface area contributed by atoms with Crippen molar-refractivity contribution < 1.29 is 23.9 Å². The second-order valence-corrected chi connectivity index (χ2v) is 4.87. The Morgan fingerprint density at radius 2 is 1.30 bits per heavy atom. The molecule has 2 aliphatic rings. The van der Waals surface area contributed by atoms with Crippen molar-refractivity contribution in [2.45, 2.75) is 65.2 Å². The normalized spacial score (nSPS) is 15.0. The average molecular weight is 435 g/mol. The van der Waals surface area contributed by atoms with Crippen LogP contribution in [0, 0.1) is 12.2 Å². The van der Waals surface area contributed by atoms with Crippen molar-refractivity contribution in [2.75, 3.05) is 0 Å². The first kappa shape index (κ1) is 19.7. The summed E-state index contributed by atoms with van der Waals surface area (Å²) in [6, 6.07) is 0. The Hall–Kier alpha value is -0.300. The second kappa shape index (κ2) is 15.1. The van der Waals surface area contributed by atoms with Crippen LogP contribution >= 0.6 is 0 Å². The molecule has 0 heterocycles. The Kier molecular flexibility index (Phi) is 14.9. The van der Waals surface area contributed by atoms with Crippen molar-refractivity contribution in [3.05, 3.63) is 47.6 Å². The van der Waals surface area contributed by atoms with E-state index in [1.165, 1.54) is 49.7 Å². The number of hydrogen-bond donors (Lipinski definition) is 0. The van der Waals surface area contributed by atoms with Gasteiger partial charge in [-0.3, -0.25) is 12.2 Å². The van der Waals surface area contributed by atoms with Crippen molar-refractivity contribution >= 4 is 4.26 Å². The standard InChI is InChI=1S/2C9H13.CH2.Hf/c2*1-2-3-6-9-7-4-5-8-9;;/h2*7-8H,2-4,6H2,1H3;1H2;/q2*-1;;+2. The summed E-state index contributed by atoms with van der Waals surface area (Å²) in [5.41, 5.74) is 2.97. The molecule has 108 valence electrons. The van der Waals surface area contributed by atoms with Crippen molar-refractivity contribution in [3.63, 3.8) is 0 Å². The first-order valence-corrected chi connectivity index (χ1v) is 10.3. The fourth-order valence-electron chi connectivity index (χ4n) is 1.99. The van der Waals surface area contributed by atoms with Crippen LogP contribution in [0.15, 0.2) is 35.5 Å². The zero-order valence-corrected chi connectivity index (χ0v) is 16.8. The first-order chi connectivity index (χ1) is 9.86. The molecule has 0 saturated heterocycles.